The molecule has 2 aliphatic heterocycles. The van der Waals surface area contributed by atoms with Crippen molar-refractivity contribution >= 4 is 5.97 Å². The van der Waals surface area contributed by atoms with Crippen LogP contribution in [-0.2, 0) is 9.53 Å². The minimum Gasteiger partial charge on any atom is -0.508 e. The smallest absolute Gasteiger partial charge is 0.316 e. The van der Waals surface area contributed by atoms with Crippen LogP contribution in [0.3, 0.4) is 0 Å². The molecule has 2 fully saturated rings. The molecule has 0 aromatic heterocycles. The second-order valence-electron chi connectivity index (χ2n) is 8.06. The number of phenols is 1. The van der Waals surface area contributed by atoms with Gasteiger partial charge < -0.3 is 19.4 Å². The number of piperidine rings is 1. The van der Waals surface area contributed by atoms with Crippen molar-refractivity contribution in [2.75, 3.05) is 13.7 Å². The van der Waals surface area contributed by atoms with E-state index in [0.717, 1.165) is 17.3 Å². The molecule has 3 unspecified atom stereocenters. The molecule has 2 N–H and O–H groups in total. The zero-order chi connectivity index (χ0) is 18.2. The van der Waals surface area contributed by atoms with Gasteiger partial charge in [0.05, 0.1) is 31.8 Å². The molecule has 0 saturated carbocycles. The number of aliphatic hydroxyl groups is 1. The SMILES string of the molecule is CC(C)[N+]1(C)C2CCC1CC(OC(=O)C(CO)c1cccc(O)c1)C2. The fourth-order valence-electron chi connectivity index (χ4n) is 4.88. The summed E-state index contributed by atoms with van der Waals surface area (Å²) in [5, 5.41) is 19.3. The Balaban J connectivity index is 1.68. The fraction of sp³-hybridized carbons (Fsp3) is 0.650. The summed E-state index contributed by atoms with van der Waals surface area (Å²) in [6.45, 7) is 4.24. The highest BCUT2D eigenvalue weighted by Crippen LogP contribution is 2.44. The predicted octanol–water partition coefficient (Wildman–Crippen LogP) is 2.56. The summed E-state index contributed by atoms with van der Waals surface area (Å²) in [6.07, 6.45) is 4.12. The van der Waals surface area contributed by atoms with E-state index in [-0.39, 0.29) is 18.5 Å². The minimum absolute atomic E-state index is 0.0682. The van der Waals surface area contributed by atoms with Crippen LogP contribution in [0.5, 0.6) is 5.75 Å². The molecule has 138 valence electrons. The second kappa shape index (κ2) is 6.96. The van der Waals surface area contributed by atoms with Crippen molar-refractivity contribution in [2.45, 2.75) is 69.7 Å². The number of carbonyl (C=O) groups is 1. The third kappa shape index (κ3) is 3.27. The van der Waals surface area contributed by atoms with Gasteiger partial charge in [0, 0.05) is 25.7 Å². The average Bonchev–Trinajstić information content (AvgIpc) is 2.74. The van der Waals surface area contributed by atoms with Gasteiger partial charge in [0.1, 0.15) is 17.8 Å². The highest BCUT2D eigenvalue weighted by atomic mass is 16.5. The number of hydrogen-bond donors (Lipinski definition) is 2. The van der Waals surface area contributed by atoms with Gasteiger partial charge in [-0.1, -0.05) is 12.1 Å². The summed E-state index contributed by atoms with van der Waals surface area (Å²) in [5.74, 6) is -1.04. The molecule has 0 radical (unpaired) electrons. The van der Waals surface area contributed by atoms with E-state index in [4.69, 9.17) is 4.74 Å². The van der Waals surface area contributed by atoms with Gasteiger partial charge in [-0.3, -0.25) is 4.79 Å². The number of quaternary nitrogens is 1. The number of rotatable bonds is 5. The van der Waals surface area contributed by atoms with Crippen LogP contribution in [0, 0.1) is 0 Å². The van der Waals surface area contributed by atoms with Gasteiger partial charge in [0.2, 0.25) is 0 Å². The largest absolute Gasteiger partial charge is 0.508 e. The number of benzene rings is 1. The molecule has 5 nitrogen and oxygen atoms in total. The zero-order valence-electron chi connectivity index (χ0n) is 15.4. The molecule has 25 heavy (non-hydrogen) atoms. The molecule has 5 heteroatoms. The van der Waals surface area contributed by atoms with Crippen molar-refractivity contribution in [1.29, 1.82) is 0 Å². The lowest BCUT2D eigenvalue weighted by atomic mass is 9.94. The van der Waals surface area contributed by atoms with E-state index in [0.29, 0.717) is 23.7 Å². The molecular formula is C20H30NO4+. The Morgan fingerprint density at radius 1 is 1.28 bits per heavy atom. The van der Waals surface area contributed by atoms with E-state index >= 15 is 0 Å². The van der Waals surface area contributed by atoms with Crippen LogP contribution in [0.2, 0.25) is 0 Å². The molecule has 2 aliphatic rings. The number of carbonyl (C=O) groups excluding carboxylic acids is 1. The molecule has 0 spiro atoms. The Bertz CT molecular complexity index is 616. The van der Waals surface area contributed by atoms with Gasteiger partial charge in [-0.05, 0) is 31.5 Å². The Morgan fingerprint density at radius 3 is 2.44 bits per heavy atom. The van der Waals surface area contributed by atoms with Crippen LogP contribution in [0.25, 0.3) is 0 Å². The van der Waals surface area contributed by atoms with E-state index in [1.165, 1.54) is 18.9 Å². The van der Waals surface area contributed by atoms with Gasteiger partial charge in [-0.25, -0.2) is 0 Å². The molecule has 0 amide bonds. The summed E-state index contributed by atoms with van der Waals surface area (Å²) >= 11 is 0. The predicted molar refractivity (Wildman–Crippen MR) is 95.2 cm³/mol. The first kappa shape index (κ1) is 18.2. The van der Waals surface area contributed by atoms with Crippen molar-refractivity contribution < 1.29 is 24.2 Å². The molecule has 1 aromatic rings. The number of phenolic OH excluding ortho intramolecular Hbond substituents is 1. The molecule has 1 aromatic carbocycles. The van der Waals surface area contributed by atoms with Crippen LogP contribution in [0.4, 0.5) is 0 Å². The van der Waals surface area contributed by atoms with Crippen molar-refractivity contribution in [3.05, 3.63) is 29.8 Å². The summed E-state index contributed by atoms with van der Waals surface area (Å²) in [4.78, 5) is 12.6. The molecular weight excluding hydrogens is 318 g/mol. The van der Waals surface area contributed by atoms with Crippen LogP contribution in [0.15, 0.2) is 24.3 Å². The maximum absolute atomic E-state index is 12.6. The average molecular weight is 348 g/mol. The van der Waals surface area contributed by atoms with E-state index in [2.05, 4.69) is 20.9 Å². The lowest BCUT2D eigenvalue weighted by Crippen LogP contribution is -2.62. The lowest BCUT2D eigenvalue weighted by Gasteiger charge is -2.49. The van der Waals surface area contributed by atoms with Crippen LogP contribution >= 0.6 is 0 Å². The Kier molecular flexibility index (Phi) is 5.07. The van der Waals surface area contributed by atoms with E-state index < -0.39 is 11.9 Å². The van der Waals surface area contributed by atoms with Crippen molar-refractivity contribution in [3.63, 3.8) is 0 Å². The molecule has 0 aliphatic carbocycles. The number of aliphatic hydroxyl groups excluding tert-OH is 1. The number of aromatic hydroxyl groups is 1. The fourth-order valence-corrected chi connectivity index (χ4v) is 4.88. The lowest BCUT2D eigenvalue weighted by molar-refractivity contribution is -0.968. The molecule has 2 saturated heterocycles. The van der Waals surface area contributed by atoms with Gasteiger partial charge >= 0.3 is 5.97 Å². The monoisotopic (exact) mass is 348 g/mol. The standard InChI is InChI=1S/C20H29NO4/c1-13(2)21(3)15-7-8-16(21)11-18(10-15)25-20(24)19(12-22)14-5-4-6-17(23)9-14/h4-6,9,13,15-16,18-19,22H,7-8,10-12H2,1-3H3/p+1. The summed E-state index contributed by atoms with van der Waals surface area (Å²) < 4.78 is 6.89. The molecule has 3 rings (SSSR count). The van der Waals surface area contributed by atoms with Crippen molar-refractivity contribution in [2.24, 2.45) is 0 Å². The van der Waals surface area contributed by atoms with Crippen LogP contribution < -0.4 is 0 Å². The van der Waals surface area contributed by atoms with Crippen LogP contribution in [0.1, 0.15) is 51.0 Å². The first-order chi connectivity index (χ1) is 11.9. The van der Waals surface area contributed by atoms with Gasteiger partial charge in [-0.2, -0.15) is 0 Å². The Morgan fingerprint density at radius 2 is 1.92 bits per heavy atom. The number of hydrogen-bond acceptors (Lipinski definition) is 4. The maximum Gasteiger partial charge on any atom is 0.316 e. The summed E-state index contributed by atoms with van der Waals surface area (Å²) in [6, 6.07) is 8.14. The molecule has 3 atom stereocenters. The van der Waals surface area contributed by atoms with E-state index in [1.807, 2.05) is 0 Å². The summed E-state index contributed by atoms with van der Waals surface area (Å²) in [7, 11) is 2.34. The highest BCUT2D eigenvalue weighted by Gasteiger charge is 2.53. The molecule has 2 heterocycles. The first-order valence-electron chi connectivity index (χ1n) is 9.32. The van der Waals surface area contributed by atoms with Crippen molar-refractivity contribution in [3.8, 4) is 5.75 Å². The Hall–Kier alpha value is -1.59. The van der Waals surface area contributed by atoms with Gasteiger partial charge in [0.25, 0.3) is 0 Å². The maximum atomic E-state index is 12.6. The third-order valence-electron chi connectivity index (χ3n) is 6.61. The zero-order valence-corrected chi connectivity index (χ0v) is 15.4. The number of esters is 1. The molecule has 2 bridgehead atoms. The Labute approximate surface area is 149 Å². The first-order valence-corrected chi connectivity index (χ1v) is 9.32. The normalized spacial score (nSPS) is 32.6. The van der Waals surface area contributed by atoms with E-state index in [9.17, 15) is 15.0 Å². The summed E-state index contributed by atoms with van der Waals surface area (Å²) in [5.41, 5.74) is 0.592. The number of fused-ring (bicyclic) bond motifs is 2. The topological polar surface area (TPSA) is 66.8 Å². The minimum atomic E-state index is -0.738. The van der Waals surface area contributed by atoms with E-state index in [1.54, 1.807) is 18.2 Å². The number of ether oxygens (including phenoxy) is 1. The van der Waals surface area contributed by atoms with Crippen molar-refractivity contribution in [1.82, 2.24) is 0 Å². The van der Waals surface area contributed by atoms with Gasteiger partial charge in [-0.15, -0.1) is 0 Å². The van der Waals surface area contributed by atoms with Crippen LogP contribution in [-0.4, -0.2) is 58.5 Å². The highest BCUT2D eigenvalue weighted by molar-refractivity contribution is 5.78. The number of nitrogens with zero attached hydrogens (tertiary/aromatic N) is 1. The second-order valence-corrected chi connectivity index (χ2v) is 8.06. The quantitative estimate of drug-likeness (QED) is 0.634. The third-order valence-corrected chi connectivity index (χ3v) is 6.61. The van der Waals surface area contributed by atoms with Gasteiger partial charge in [0.15, 0.2) is 0 Å².